The molecule has 0 unspecified atom stereocenters. The number of thioether (sulfide) groups is 1. The van der Waals surface area contributed by atoms with Crippen LogP contribution in [0.25, 0.3) is 6.08 Å². The highest BCUT2D eigenvalue weighted by Gasteiger charge is 2.37. The number of nitrogens with one attached hydrogen (secondary N) is 1. The van der Waals surface area contributed by atoms with Gasteiger partial charge < -0.3 is 10.2 Å². The van der Waals surface area contributed by atoms with Gasteiger partial charge in [-0.2, -0.15) is 0 Å². The molecule has 2 aromatic rings. The second-order valence-electron chi connectivity index (χ2n) is 9.23. The molecule has 0 radical (unpaired) electrons. The number of hydrogen-bond acceptors (Lipinski definition) is 5. The maximum atomic E-state index is 12.9. The fourth-order valence-electron chi connectivity index (χ4n) is 4.37. The highest BCUT2D eigenvalue weighted by atomic mass is 35.5. The van der Waals surface area contributed by atoms with Crippen LogP contribution in [0.1, 0.15) is 44.2 Å². The lowest BCUT2D eigenvalue weighted by Crippen LogP contribution is -2.45. The zero-order valence-electron chi connectivity index (χ0n) is 19.3. The van der Waals surface area contributed by atoms with Crippen molar-refractivity contribution >= 4 is 69.5 Å². The van der Waals surface area contributed by atoms with Gasteiger partial charge in [0, 0.05) is 34.0 Å². The van der Waals surface area contributed by atoms with E-state index in [4.69, 9.17) is 23.2 Å². The normalized spacial score (nSPS) is 20.6. The molecule has 4 rings (SSSR count). The highest BCUT2D eigenvalue weighted by molar-refractivity contribution is 8.18. The monoisotopic (exact) mass is 517 g/mol. The van der Waals surface area contributed by atoms with Gasteiger partial charge in [0.05, 0.1) is 4.91 Å². The molecule has 1 N–H and O–H groups in total. The Balaban J connectivity index is 1.54. The molecule has 1 saturated heterocycles. The zero-order chi connectivity index (χ0) is 24.8. The Morgan fingerprint density at radius 1 is 1.21 bits per heavy atom. The van der Waals surface area contributed by atoms with Crippen LogP contribution in [-0.2, 0) is 9.59 Å². The van der Waals surface area contributed by atoms with Crippen molar-refractivity contribution in [1.29, 1.82) is 0 Å². The average molecular weight is 518 g/mol. The van der Waals surface area contributed by atoms with Gasteiger partial charge >= 0.3 is 0 Å². The third kappa shape index (κ3) is 4.83. The van der Waals surface area contributed by atoms with E-state index in [2.05, 4.69) is 38.0 Å². The van der Waals surface area contributed by atoms with Crippen molar-refractivity contribution in [3.8, 4) is 0 Å². The maximum absolute atomic E-state index is 12.9. The van der Waals surface area contributed by atoms with Crippen LogP contribution >= 0.6 is 35.0 Å². The number of nitrogens with zero attached hydrogens (tertiary/aromatic N) is 2. The van der Waals surface area contributed by atoms with E-state index in [-0.39, 0.29) is 17.0 Å². The molecule has 0 aromatic heterocycles. The predicted octanol–water partition coefficient (Wildman–Crippen LogP) is 6.39. The van der Waals surface area contributed by atoms with Crippen molar-refractivity contribution in [2.75, 3.05) is 23.8 Å². The Morgan fingerprint density at radius 3 is 2.56 bits per heavy atom. The summed E-state index contributed by atoms with van der Waals surface area (Å²) in [7, 11) is 2.06. The summed E-state index contributed by atoms with van der Waals surface area (Å²) in [5, 5.41) is 3.21. The number of hydrogen-bond donors (Lipinski definition) is 1. The molecular weight excluding hydrogens is 493 g/mol. The van der Waals surface area contributed by atoms with Gasteiger partial charge in [0.15, 0.2) is 0 Å². The number of anilines is 2. The Labute approximate surface area is 213 Å². The number of rotatable bonds is 4. The number of halogens is 2. The van der Waals surface area contributed by atoms with Crippen LogP contribution in [0.4, 0.5) is 16.2 Å². The minimum Gasteiger partial charge on any atom is -0.369 e. The third-order valence-corrected chi connectivity index (χ3v) is 7.83. The van der Waals surface area contributed by atoms with Crippen LogP contribution < -0.4 is 10.2 Å². The maximum Gasteiger partial charge on any atom is 0.294 e. The van der Waals surface area contributed by atoms with E-state index < -0.39 is 17.1 Å². The molecule has 3 amide bonds. The summed E-state index contributed by atoms with van der Waals surface area (Å²) in [6.07, 6.45) is 2.62. The van der Waals surface area contributed by atoms with E-state index >= 15 is 0 Å². The van der Waals surface area contributed by atoms with Crippen molar-refractivity contribution in [3.63, 3.8) is 0 Å². The molecule has 178 valence electrons. The SMILES string of the molecule is C[C@@H]1CC(C)(C)N(C)c2cc(Cl)c(/C=C3\SC(=O)N(CC(=O)Nc4ccc(Cl)cc4)C3=O)cc21. The Kier molecular flexibility index (Phi) is 6.73. The zero-order valence-corrected chi connectivity index (χ0v) is 21.6. The van der Waals surface area contributed by atoms with E-state index in [1.54, 1.807) is 30.3 Å². The molecule has 2 aliphatic heterocycles. The molecule has 1 fully saturated rings. The van der Waals surface area contributed by atoms with Gasteiger partial charge in [-0.1, -0.05) is 30.1 Å². The third-order valence-electron chi connectivity index (χ3n) is 6.34. The van der Waals surface area contributed by atoms with Crippen molar-refractivity contribution in [3.05, 3.63) is 62.5 Å². The summed E-state index contributed by atoms with van der Waals surface area (Å²) in [5.41, 5.74) is 3.43. The minimum atomic E-state index is -0.513. The molecule has 2 aliphatic rings. The standard InChI is InChI=1S/C25H25Cl2N3O3S/c1-14-12-25(2,3)29(4)20-11-19(27)15(9-18(14)20)10-21-23(32)30(24(33)34-21)13-22(31)28-17-7-5-16(26)6-8-17/h5-11,14H,12-13H2,1-4H3,(H,28,31)/b21-10-/t14-/m1/s1. The lowest BCUT2D eigenvalue weighted by molar-refractivity contribution is -0.127. The number of amides is 3. The molecule has 0 aliphatic carbocycles. The van der Waals surface area contributed by atoms with E-state index in [1.807, 2.05) is 12.1 Å². The van der Waals surface area contributed by atoms with Gasteiger partial charge in [-0.3, -0.25) is 19.3 Å². The molecule has 6 nitrogen and oxygen atoms in total. The molecular formula is C25H25Cl2N3O3S. The molecule has 2 aromatic carbocycles. The Bertz CT molecular complexity index is 1210. The lowest BCUT2D eigenvalue weighted by atomic mass is 9.80. The van der Waals surface area contributed by atoms with Crippen LogP contribution in [-0.4, -0.2) is 41.1 Å². The number of benzene rings is 2. The van der Waals surface area contributed by atoms with E-state index in [0.29, 0.717) is 27.2 Å². The summed E-state index contributed by atoms with van der Waals surface area (Å²) in [4.78, 5) is 41.2. The molecule has 0 saturated carbocycles. The topological polar surface area (TPSA) is 69.7 Å². The van der Waals surface area contributed by atoms with Gasteiger partial charge in [0.25, 0.3) is 11.1 Å². The number of fused-ring (bicyclic) bond motifs is 1. The molecule has 2 heterocycles. The van der Waals surface area contributed by atoms with Crippen LogP contribution in [0.5, 0.6) is 0 Å². The Hall–Kier alpha value is -2.48. The van der Waals surface area contributed by atoms with Crippen molar-refractivity contribution in [1.82, 2.24) is 4.90 Å². The van der Waals surface area contributed by atoms with Gasteiger partial charge in [-0.05, 0) is 91.5 Å². The predicted molar refractivity (Wildman–Crippen MR) is 140 cm³/mol. The van der Waals surface area contributed by atoms with Crippen LogP contribution in [0, 0.1) is 0 Å². The van der Waals surface area contributed by atoms with Crippen LogP contribution in [0.3, 0.4) is 0 Å². The van der Waals surface area contributed by atoms with Crippen molar-refractivity contribution in [2.45, 2.75) is 38.6 Å². The van der Waals surface area contributed by atoms with E-state index in [1.165, 1.54) is 0 Å². The second-order valence-corrected chi connectivity index (χ2v) is 11.1. The first kappa shape index (κ1) is 24.6. The van der Waals surface area contributed by atoms with E-state index in [9.17, 15) is 14.4 Å². The Morgan fingerprint density at radius 2 is 1.88 bits per heavy atom. The first-order valence-corrected chi connectivity index (χ1v) is 12.4. The first-order valence-electron chi connectivity index (χ1n) is 10.8. The second kappa shape index (κ2) is 9.29. The largest absolute Gasteiger partial charge is 0.369 e. The summed E-state index contributed by atoms with van der Waals surface area (Å²) >= 11 is 13.2. The molecule has 9 heteroatoms. The van der Waals surface area contributed by atoms with Crippen LogP contribution in [0.15, 0.2) is 41.3 Å². The smallest absolute Gasteiger partial charge is 0.294 e. The average Bonchev–Trinajstić information content (AvgIpc) is 3.02. The summed E-state index contributed by atoms with van der Waals surface area (Å²) in [6.45, 7) is 6.21. The highest BCUT2D eigenvalue weighted by Crippen LogP contribution is 2.45. The van der Waals surface area contributed by atoms with Crippen LogP contribution in [0.2, 0.25) is 10.0 Å². The molecule has 0 bridgehead atoms. The van der Waals surface area contributed by atoms with Crippen molar-refractivity contribution < 1.29 is 14.4 Å². The summed E-state index contributed by atoms with van der Waals surface area (Å²) < 4.78 is 0. The summed E-state index contributed by atoms with van der Waals surface area (Å²) in [5.74, 6) is -0.671. The fourth-order valence-corrected chi connectivity index (χ4v) is 5.54. The van der Waals surface area contributed by atoms with Gasteiger partial charge in [0.2, 0.25) is 5.91 Å². The molecule has 0 spiro atoms. The number of carbonyl (C=O) groups excluding carboxylic acids is 3. The number of carbonyl (C=O) groups is 3. The molecule has 34 heavy (non-hydrogen) atoms. The van der Waals surface area contributed by atoms with Gasteiger partial charge in [-0.15, -0.1) is 0 Å². The number of imide groups is 1. The quantitative estimate of drug-likeness (QED) is 0.475. The molecule has 1 atom stereocenters. The van der Waals surface area contributed by atoms with E-state index in [0.717, 1.165) is 34.3 Å². The van der Waals surface area contributed by atoms with Gasteiger partial charge in [-0.25, -0.2) is 0 Å². The summed E-state index contributed by atoms with van der Waals surface area (Å²) in [6, 6.07) is 10.5. The lowest BCUT2D eigenvalue weighted by Gasteiger charge is -2.45. The first-order chi connectivity index (χ1) is 16.0. The van der Waals surface area contributed by atoms with Gasteiger partial charge in [0.1, 0.15) is 6.54 Å². The minimum absolute atomic E-state index is 0.00645. The fraction of sp³-hybridized carbons (Fsp3) is 0.320. The van der Waals surface area contributed by atoms with Crippen molar-refractivity contribution in [2.24, 2.45) is 0 Å².